The zero-order valence-electron chi connectivity index (χ0n) is 30.5. The zero-order valence-corrected chi connectivity index (χ0v) is 31.3. The van der Waals surface area contributed by atoms with Crippen LogP contribution in [0.3, 0.4) is 0 Å². The van der Waals surface area contributed by atoms with Gasteiger partial charge in [-0.3, -0.25) is 8.98 Å². The van der Waals surface area contributed by atoms with Gasteiger partial charge >= 0.3 is 5.97 Å². The third-order valence-corrected chi connectivity index (χ3v) is 7.90. The van der Waals surface area contributed by atoms with E-state index in [-0.39, 0.29) is 30.7 Å². The lowest BCUT2D eigenvalue weighted by molar-refractivity contribution is -0.145. The molecule has 0 saturated carbocycles. The molecule has 0 aliphatic rings. The molecule has 0 amide bonds. The molecule has 1 aromatic rings. The quantitative estimate of drug-likeness (QED) is 0.0546. The lowest BCUT2D eigenvalue weighted by Crippen LogP contribution is -2.16. The van der Waals surface area contributed by atoms with Crippen LogP contribution in [-0.2, 0) is 71.2 Å². The lowest BCUT2D eigenvalue weighted by atomic mass is 10.2. The number of unbranched alkanes of at least 4 members (excludes halogenated alkanes) is 3. The summed E-state index contributed by atoms with van der Waals surface area (Å²) in [5.41, 5.74) is 0. The van der Waals surface area contributed by atoms with Crippen molar-refractivity contribution in [2.24, 2.45) is 0 Å². The molecule has 0 aliphatic heterocycles. The molecule has 0 radical (unpaired) electrons. The normalized spacial score (nSPS) is 11.7. The topological polar surface area (TPSA) is 162 Å². The molecule has 16 heteroatoms. The van der Waals surface area contributed by atoms with Gasteiger partial charge in [-0.25, -0.2) is 0 Å². The van der Waals surface area contributed by atoms with Crippen LogP contribution in [0.4, 0.5) is 0 Å². The van der Waals surface area contributed by atoms with Crippen LogP contribution in [0.5, 0.6) is 0 Å². The predicted octanol–water partition coefficient (Wildman–Crippen LogP) is 3.07. The average molecular weight is 755 g/mol. The number of carbonyl (C=O) groups excluding carboxylic acids is 1. The summed E-state index contributed by atoms with van der Waals surface area (Å²) in [6.45, 7) is 11.0. The van der Waals surface area contributed by atoms with E-state index in [1.54, 1.807) is 18.2 Å². The van der Waals surface area contributed by atoms with Gasteiger partial charge in [0.2, 0.25) is 0 Å². The van der Waals surface area contributed by atoms with E-state index in [0.29, 0.717) is 132 Å². The second-order valence-corrected chi connectivity index (χ2v) is 12.4. The van der Waals surface area contributed by atoms with Crippen LogP contribution in [0.25, 0.3) is 0 Å². The molecule has 1 aromatic carbocycles. The number of rotatable bonds is 40. The third kappa shape index (κ3) is 32.6. The number of carbonyl (C=O) groups is 1. The molecule has 1 rings (SSSR count). The summed E-state index contributed by atoms with van der Waals surface area (Å²) in [7, 11) is -3.76. The fourth-order valence-corrected chi connectivity index (χ4v) is 4.84. The smallest absolute Gasteiger partial charge is 0.305 e. The van der Waals surface area contributed by atoms with Crippen molar-refractivity contribution in [2.45, 2.75) is 43.9 Å². The molecule has 0 aromatic heterocycles. The van der Waals surface area contributed by atoms with Crippen LogP contribution in [0.2, 0.25) is 0 Å². The first-order valence-corrected chi connectivity index (χ1v) is 19.3. The van der Waals surface area contributed by atoms with Crippen molar-refractivity contribution in [2.75, 3.05) is 145 Å². The van der Waals surface area contributed by atoms with E-state index in [2.05, 4.69) is 6.92 Å². The monoisotopic (exact) mass is 754 g/mol. The molecule has 298 valence electrons. The Morgan fingerprint density at radius 1 is 0.451 bits per heavy atom. The highest BCUT2D eigenvalue weighted by Gasteiger charge is 2.13. The van der Waals surface area contributed by atoms with Crippen LogP contribution in [-0.4, -0.2) is 160 Å². The molecule has 15 nitrogen and oxygen atoms in total. The summed E-state index contributed by atoms with van der Waals surface area (Å²) in [6, 6.07) is 7.97. The summed E-state index contributed by atoms with van der Waals surface area (Å²) in [6.07, 6.45) is 4.73. The second kappa shape index (κ2) is 36.6. The summed E-state index contributed by atoms with van der Waals surface area (Å²) < 4.78 is 88.3. The Labute approximate surface area is 304 Å². The molecule has 51 heavy (non-hydrogen) atoms. The largest absolute Gasteiger partial charge is 0.463 e. The molecule has 0 N–H and O–H groups in total. The Balaban J connectivity index is 1.66. The van der Waals surface area contributed by atoms with Crippen molar-refractivity contribution < 1.29 is 69.5 Å². The standard InChI is InChI=1S/C35H62O15S/c1-2-3-4-8-11-35(36)49-32-30-47-28-26-45-24-22-43-20-18-41-16-14-39-12-13-40-15-17-42-19-21-44-23-25-46-27-29-48-31-33-50-51(37,38)34-9-6-5-7-10-34/h5-7,9-10H,2-4,8,11-33H2,1H3. The van der Waals surface area contributed by atoms with Crippen LogP contribution >= 0.6 is 0 Å². The molecule has 0 aliphatic carbocycles. The van der Waals surface area contributed by atoms with Crippen molar-refractivity contribution in [1.29, 1.82) is 0 Å². The Bertz CT molecular complexity index is 985. The Kier molecular flexibility index (Phi) is 33.8. The number of hydrogen-bond donors (Lipinski definition) is 0. The molecular formula is C35H62O15S. The highest BCUT2D eigenvalue weighted by Crippen LogP contribution is 2.10. The molecule has 0 heterocycles. The van der Waals surface area contributed by atoms with Gasteiger partial charge in [-0.05, 0) is 18.6 Å². The number of benzene rings is 1. The van der Waals surface area contributed by atoms with E-state index < -0.39 is 10.1 Å². The average Bonchev–Trinajstić information content (AvgIpc) is 3.14. The molecule has 0 unspecified atom stereocenters. The van der Waals surface area contributed by atoms with Gasteiger partial charge < -0.3 is 52.1 Å². The van der Waals surface area contributed by atoms with Gasteiger partial charge in [-0.15, -0.1) is 0 Å². The first-order chi connectivity index (χ1) is 25.1. The number of esters is 1. The van der Waals surface area contributed by atoms with Crippen LogP contribution < -0.4 is 0 Å². The minimum Gasteiger partial charge on any atom is -0.463 e. The van der Waals surface area contributed by atoms with Crippen molar-refractivity contribution >= 4 is 16.1 Å². The summed E-state index contributed by atoms with van der Waals surface area (Å²) in [5.74, 6) is -0.160. The van der Waals surface area contributed by atoms with Gasteiger partial charge in [0, 0.05) is 6.42 Å². The second-order valence-electron chi connectivity index (χ2n) is 10.7. The van der Waals surface area contributed by atoms with Gasteiger partial charge in [-0.2, -0.15) is 8.42 Å². The van der Waals surface area contributed by atoms with E-state index in [1.807, 2.05) is 0 Å². The van der Waals surface area contributed by atoms with Gasteiger partial charge in [0.1, 0.15) is 6.61 Å². The van der Waals surface area contributed by atoms with E-state index >= 15 is 0 Å². The Hall–Kier alpha value is -1.80. The van der Waals surface area contributed by atoms with E-state index in [0.717, 1.165) is 25.7 Å². The van der Waals surface area contributed by atoms with Crippen molar-refractivity contribution in [3.63, 3.8) is 0 Å². The minimum atomic E-state index is -3.76. The Morgan fingerprint density at radius 2 is 0.784 bits per heavy atom. The third-order valence-electron chi connectivity index (χ3n) is 6.57. The lowest BCUT2D eigenvalue weighted by Gasteiger charge is -2.09. The van der Waals surface area contributed by atoms with Gasteiger partial charge in [0.05, 0.1) is 144 Å². The van der Waals surface area contributed by atoms with Crippen molar-refractivity contribution in [1.82, 2.24) is 0 Å². The van der Waals surface area contributed by atoms with Gasteiger partial charge in [0.25, 0.3) is 10.1 Å². The zero-order chi connectivity index (χ0) is 36.8. The fraction of sp³-hybridized carbons (Fsp3) is 0.800. The van der Waals surface area contributed by atoms with E-state index in [1.165, 1.54) is 12.1 Å². The summed E-state index contributed by atoms with van der Waals surface area (Å²) >= 11 is 0. The first-order valence-electron chi connectivity index (χ1n) is 17.9. The number of ether oxygens (including phenoxy) is 11. The molecule has 0 saturated heterocycles. The van der Waals surface area contributed by atoms with E-state index in [9.17, 15) is 13.2 Å². The molecular weight excluding hydrogens is 692 g/mol. The van der Waals surface area contributed by atoms with Gasteiger partial charge in [-0.1, -0.05) is 44.4 Å². The van der Waals surface area contributed by atoms with Crippen molar-refractivity contribution in [3.05, 3.63) is 30.3 Å². The highest BCUT2D eigenvalue weighted by molar-refractivity contribution is 7.86. The molecule has 0 spiro atoms. The predicted molar refractivity (Wildman–Crippen MR) is 187 cm³/mol. The fourth-order valence-electron chi connectivity index (χ4n) is 3.92. The van der Waals surface area contributed by atoms with E-state index in [4.69, 9.17) is 56.3 Å². The highest BCUT2D eigenvalue weighted by atomic mass is 32.2. The van der Waals surface area contributed by atoms with Crippen molar-refractivity contribution in [3.8, 4) is 0 Å². The summed E-state index contributed by atoms with van der Waals surface area (Å²) in [4.78, 5) is 11.7. The minimum absolute atomic E-state index is 0.0623. The maximum absolute atomic E-state index is 12.0. The maximum atomic E-state index is 12.0. The summed E-state index contributed by atoms with van der Waals surface area (Å²) in [5, 5.41) is 0. The van der Waals surface area contributed by atoms with Gasteiger partial charge in [0.15, 0.2) is 0 Å². The first kappa shape index (κ1) is 47.2. The van der Waals surface area contributed by atoms with Crippen LogP contribution in [0.1, 0.15) is 39.0 Å². The SMILES string of the molecule is CCCCCCC(=O)OCCOCCOCCOCCOCCOCCOCCOCCOCCOCCOCCOS(=O)(=O)c1ccccc1. The van der Waals surface area contributed by atoms with Crippen LogP contribution in [0, 0.1) is 0 Å². The molecule has 0 fully saturated rings. The molecule has 0 atom stereocenters. The molecule has 0 bridgehead atoms. The maximum Gasteiger partial charge on any atom is 0.305 e. The number of hydrogen-bond acceptors (Lipinski definition) is 15. The van der Waals surface area contributed by atoms with Crippen LogP contribution in [0.15, 0.2) is 35.2 Å². The Morgan fingerprint density at radius 3 is 1.14 bits per heavy atom.